The van der Waals surface area contributed by atoms with Gasteiger partial charge in [-0.1, -0.05) is 6.92 Å². The zero-order chi connectivity index (χ0) is 8.27. The lowest BCUT2D eigenvalue weighted by Gasteiger charge is -2.02. The van der Waals surface area contributed by atoms with Gasteiger partial charge in [0.15, 0.2) is 0 Å². The summed E-state index contributed by atoms with van der Waals surface area (Å²) in [5, 5.41) is 8.57. The van der Waals surface area contributed by atoms with Crippen LogP contribution < -0.4 is 0 Å². The molecule has 0 spiro atoms. The van der Waals surface area contributed by atoms with Gasteiger partial charge in [-0.3, -0.25) is 4.79 Å². The van der Waals surface area contributed by atoms with Gasteiger partial charge >= 0.3 is 5.97 Å². The van der Waals surface area contributed by atoms with Gasteiger partial charge in [0.25, 0.3) is 0 Å². The van der Waals surface area contributed by atoms with Crippen molar-refractivity contribution in [1.82, 2.24) is 4.98 Å². The Balaban J connectivity index is 2.50. The third-order valence-electron chi connectivity index (χ3n) is 1.61. The molecule has 0 saturated heterocycles. The molecule has 60 valence electrons. The predicted molar refractivity (Wildman–Crippen MR) is 41.3 cm³/mol. The van der Waals surface area contributed by atoms with Crippen molar-refractivity contribution in [3.63, 3.8) is 0 Å². The van der Waals surface area contributed by atoms with Gasteiger partial charge in [-0.2, -0.15) is 0 Å². The lowest BCUT2D eigenvalue weighted by Crippen LogP contribution is -2.12. The molecule has 0 aliphatic heterocycles. The van der Waals surface area contributed by atoms with Gasteiger partial charge in [0, 0.05) is 18.3 Å². The number of rotatable bonds is 3. The zero-order valence-electron chi connectivity index (χ0n) is 6.37. The van der Waals surface area contributed by atoms with Crippen LogP contribution in [0.5, 0.6) is 0 Å². The lowest BCUT2D eigenvalue weighted by atomic mass is 10.1. The van der Waals surface area contributed by atoms with Crippen LogP contribution in [0.2, 0.25) is 0 Å². The molecule has 0 fully saturated rings. The second kappa shape index (κ2) is 3.23. The van der Waals surface area contributed by atoms with Crippen molar-refractivity contribution in [2.45, 2.75) is 13.3 Å². The summed E-state index contributed by atoms with van der Waals surface area (Å²) < 4.78 is 0. The van der Waals surface area contributed by atoms with Crippen molar-refractivity contribution in [1.29, 1.82) is 0 Å². The van der Waals surface area contributed by atoms with Crippen LogP contribution in [0.4, 0.5) is 0 Å². The third-order valence-corrected chi connectivity index (χ3v) is 1.61. The summed E-state index contributed by atoms with van der Waals surface area (Å²) in [4.78, 5) is 13.4. The molecular weight excluding hydrogens is 142 g/mol. The molecule has 11 heavy (non-hydrogen) atoms. The second-order valence-corrected chi connectivity index (χ2v) is 2.64. The first-order chi connectivity index (χ1) is 5.20. The van der Waals surface area contributed by atoms with Crippen LogP contribution in [0, 0.1) is 5.92 Å². The first-order valence-corrected chi connectivity index (χ1v) is 3.55. The van der Waals surface area contributed by atoms with E-state index >= 15 is 0 Å². The Morgan fingerprint density at radius 2 is 2.55 bits per heavy atom. The standard InChI is InChI=1S/C8H11NO2/c1-6(8(10)11)5-7-3-2-4-9-7/h2-4,6,9H,5H2,1H3,(H,10,11). The van der Waals surface area contributed by atoms with Gasteiger partial charge in [-0.05, 0) is 12.1 Å². The number of hydrogen-bond acceptors (Lipinski definition) is 1. The van der Waals surface area contributed by atoms with E-state index in [2.05, 4.69) is 4.98 Å². The van der Waals surface area contributed by atoms with E-state index in [1.807, 2.05) is 12.1 Å². The van der Waals surface area contributed by atoms with Gasteiger partial charge in [0.05, 0.1) is 5.92 Å². The summed E-state index contributed by atoms with van der Waals surface area (Å²) in [6, 6.07) is 3.75. The predicted octanol–water partition coefficient (Wildman–Crippen LogP) is 1.28. The Morgan fingerprint density at radius 1 is 1.82 bits per heavy atom. The Labute approximate surface area is 65.1 Å². The maximum Gasteiger partial charge on any atom is 0.306 e. The molecule has 1 atom stereocenters. The largest absolute Gasteiger partial charge is 0.481 e. The fraction of sp³-hybridized carbons (Fsp3) is 0.375. The average molecular weight is 153 g/mol. The topological polar surface area (TPSA) is 53.1 Å². The number of H-pyrrole nitrogens is 1. The minimum Gasteiger partial charge on any atom is -0.481 e. The van der Waals surface area contributed by atoms with Crippen molar-refractivity contribution >= 4 is 5.97 Å². The van der Waals surface area contributed by atoms with Crippen LogP contribution in [0.15, 0.2) is 18.3 Å². The normalized spacial score (nSPS) is 12.8. The van der Waals surface area contributed by atoms with Gasteiger partial charge < -0.3 is 10.1 Å². The summed E-state index contributed by atoms with van der Waals surface area (Å²) in [7, 11) is 0. The van der Waals surface area contributed by atoms with E-state index in [-0.39, 0.29) is 5.92 Å². The Morgan fingerprint density at radius 3 is 3.00 bits per heavy atom. The molecule has 0 aliphatic rings. The quantitative estimate of drug-likeness (QED) is 0.687. The summed E-state index contributed by atoms with van der Waals surface area (Å²) in [6.45, 7) is 1.70. The molecule has 0 aromatic carbocycles. The SMILES string of the molecule is CC(Cc1ccc[nH]1)C(=O)O. The monoisotopic (exact) mass is 153 g/mol. The van der Waals surface area contributed by atoms with Gasteiger partial charge in [-0.15, -0.1) is 0 Å². The highest BCUT2D eigenvalue weighted by molar-refractivity contribution is 5.69. The van der Waals surface area contributed by atoms with Crippen molar-refractivity contribution in [3.05, 3.63) is 24.0 Å². The van der Waals surface area contributed by atoms with Crippen LogP contribution >= 0.6 is 0 Å². The van der Waals surface area contributed by atoms with Crippen LogP contribution in [0.3, 0.4) is 0 Å². The van der Waals surface area contributed by atoms with E-state index in [9.17, 15) is 4.79 Å². The van der Waals surface area contributed by atoms with Crippen LogP contribution in [0.25, 0.3) is 0 Å². The molecule has 0 aliphatic carbocycles. The summed E-state index contributed by atoms with van der Waals surface area (Å²) in [5.41, 5.74) is 0.972. The molecule has 1 heterocycles. The Kier molecular flexibility index (Phi) is 2.31. The molecule has 0 saturated carbocycles. The summed E-state index contributed by atoms with van der Waals surface area (Å²) in [5.74, 6) is -1.06. The smallest absolute Gasteiger partial charge is 0.306 e. The molecule has 1 rings (SSSR count). The van der Waals surface area contributed by atoms with Gasteiger partial charge in [0.1, 0.15) is 0 Å². The fourth-order valence-corrected chi connectivity index (χ4v) is 0.912. The second-order valence-electron chi connectivity index (χ2n) is 2.64. The maximum atomic E-state index is 10.4. The molecule has 2 N–H and O–H groups in total. The van der Waals surface area contributed by atoms with Gasteiger partial charge in [-0.25, -0.2) is 0 Å². The van der Waals surface area contributed by atoms with E-state index in [0.29, 0.717) is 6.42 Å². The number of aliphatic carboxylic acids is 1. The maximum absolute atomic E-state index is 10.4. The molecular formula is C8H11NO2. The number of aromatic amines is 1. The molecule has 1 unspecified atom stereocenters. The third kappa shape index (κ3) is 2.11. The molecule has 0 amide bonds. The highest BCUT2D eigenvalue weighted by atomic mass is 16.4. The molecule has 0 radical (unpaired) electrons. The van der Waals surface area contributed by atoms with Crippen molar-refractivity contribution in [2.75, 3.05) is 0 Å². The zero-order valence-corrected chi connectivity index (χ0v) is 6.37. The minimum atomic E-state index is -0.750. The number of aromatic nitrogens is 1. The lowest BCUT2D eigenvalue weighted by molar-refractivity contribution is -0.141. The number of carboxylic acids is 1. The fourth-order valence-electron chi connectivity index (χ4n) is 0.912. The molecule has 1 aromatic heterocycles. The van der Waals surface area contributed by atoms with Crippen LogP contribution in [-0.4, -0.2) is 16.1 Å². The van der Waals surface area contributed by atoms with Crippen molar-refractivity contribution in [3.8, 4) is 0 Å². The molecule has 3 nitrogen and oxygen atoms in total. The van der Waals surface area contributed by atoms with E-state index in [1.165, 1.54) is 0 Å². The van der Waals surface area contributed by atoms with E-state index < -0.39 is 5.97 Å². The average Bonchev–Trinajstić information content (AvgIpc) is 2.39. The van der Waals surface area contributed by atoms with Crippen molar-refractivity contribution < 1.29 is 9.90 Å². The van der Waals surface area contributed by atoms with E-state index in [4.69, 9.17) is 5.11 Å². The molecule has 1 aromatic rings. The number of carbonyl (C=O) groups is 1. The Bertz CT molecular complexity index is 228. The van der Waals surface area contributed by atoms with Crippen LogP contribution in [0.1, 0.15) is 12.6 Å². The molecule has 0 bridgehead atoms. The number of carboxylic acid groups (broad SMARTS) is 1. The van der Waals surface area contributed by atoms with E-state index in [0.717, 1.165) is 5.69 Å². The molecule has 3 heteroatoms. The summed E-state index contributed by atoms with van der Waals surface area (Å²) in [6.07, 6.45) is 2.37. The highest BCUT2D eigenvalue weighted by Crippen LogP contribution is 2.05. The first kappa shape index (κ1) is 7.85. The first-order valence-electron chi connectivity index (χ1n) is 3.55. The van der Waals surface area contributed by atoms with E-state index in [1.54, 1.807) is 13.1 Å². The number of nitrogens with one attached hydrogen (secondary N) is 1. The summed E-state index contributed by atoms with van der Waals surface area (Å²) >= 11 is 0. The Hall–Kier alpha value is -1.25. The van der Waals surface area contributed by atoms with Crippen molar-refractivity contribution in [2.24, 2.45) is 5.92 Å². The van der Waals surface area contributed by atoms with Gasteiger partial charge in [0.2, 0.25) is 0 Å². The van der Waals surface area contributed by atoms with Crippen LogP contribution in [-0.2, 0) is 11.2 Å². The highest BCUT2D eigenvalue weighted by Gasteiger charge is 2.11. The minimum absolute atomic E-state index is 0.311. The number of hydrogen-bond donors (Lipinski definition) is 2.